The van der Waals surface area contributed by atoms with Crippen LogP contribution in [0, 0.1) is 0 Å². The largest absolute Gasteiger partial charge is 0.353 e. The van der Waals surface area contributed by atoms with E-state index < -0.39 is 0 Å². The van der Waals surface area contributed by atoms with Gasteiger partial charge in [0.25, 0.3) is 0 Å². The van der Waals surface area contributed by atoms with Crippen molar-refractivity contribution in [3.8, 4) is 0 Å². The predicted molar refractivity (Wildman–Crippen MR) is 92.3 cm³/mol. The minimum absolute atomic E-state index is 0.404. The van der Waals surface area contributed by atoms with Gasteiger partial charge in [-0.25, -0.2) is 4.98 Å². The third-order valence-electron chi connectivity index (χ3n) is 3.73. The Bertz CT molecular complexity index is 598. The molecular formula is C17H24ClN3. The molecule has 1 unspecified atom stereocenters. The van der Waals surface area contributed by atoms with Crippen molar-refractivity contribution >= 4 is 28.3 Å². The standard InChI is InChI=1S/C17H24ClN3/c1-5-21(13(2)12-20(3)4)17-10-14(11-18)15-8-6-7-9-16(15)19-17/h6-10,13H,5,11-12H2,1-4H3. The van der Waals surface area contributed by atoms with E-state index in [4.69, 9.17) is 16.6 Å². The predicted octanol–water partition coefficient (Wildman–Crippen LogP) is 3.75. The van der Waals surface area contributed by atoms with Gasteiger partial charge in [0.05, 0.1) is 5.52 Å². The highest BCUT2D eigenvalue weighted by atomic mass is 35.5. The van der Waals surface area contributed by atoms with Crippen LogP contribution in [-0.2, 0) is 5.88 Å². The van der Waals surface area contributed by atoms with Gasteiger partial charge in [-0.05, 0) is 45.6 Å². The van der Waals surface area contributed by atoms with Gasteiger partial charge in [0.1, 0.15) is 5.82 Å². The number of hydrogen-bond donors (Lipinski definition) is 0. The number of anilines is 1. The maximum Gasteiger partial charge on any atom is 0.129 e. The summed E-state index contributed by atoms with van der Waals surface area (Å²) in [5.41, 5.74) is 2.16. The van der Waals surface area contributed by atoms with Crippen molar-refractivity contribution in [1.82, 2.24) is 9.88 Å². The zero-order valence-electron chi connectivity index (χ0n) is 13.3. The molecule has 21 heavy (non-hydrogen) atoms. The molecule has 1 aromatic heterocycles. The van der Waals surface area contributed by atoms with E-state index in [2.05, 4.69) is 55.9 Å². The molecule has 0 amide bonds. The topological polar surface area (TPSA) is 19.4 Å². The lowest BCUT2D eigenvalue weighted by atomic mass is 10.1. The van der Waals surface area contributed by atoms with Gasteiger partial charge in [-0.3, -0.25) is 0 Å². The maximum atomic E-state index is 6.14. The first kappa shape index (κ1) is 16.1. The summed E-state index contributed by atoms with van der Waals surface area (Å²) in [7, 11) is 4.20. The maximum absolute atomic E-state index is 6.14. The Hall–Kier alpha value is -1.32. The molecular weight excluding hydrogens is 282 g/mol. The van der Waals surface area contributed by atoms with Crippen molar-refractivity contribution in [3.63, 3.8) is 0 Å². The van der Waals surface area contributed by atoms with Crippen LogP contribution in [0.2, 0.25) is 0 Å². The molecule has 2 rings (SSSR count). The van der Waals surface area contributed by atoms with Crippen LogP contribution in [0.25, 0.3) is 10.9 Å². The summed E-state index contributed by atoms with van der Waals surface area (Å²) >= 11 is 6.14. The Morgan fingerprint density at radius 1 is 1.24 bits per heavy atom. The minimum atomic E-state index is 0.404. The molecule has 0 radical (unpaired) electrons. The van der Waals surface area contributed by atoms with Gasteiger partial charge in [-0.2, -0.15) is 0 Å². The highest BCUT2D eigenvalue weighted by Gasteiger charge is 2.16. The van der Waals surface area contributed by atoms with Crippen LogP contribution in [0.4, 0.5) is 5.82 Å². The molecule has 0 spiro atoms. The van der Waals surface area contributed by atoms with Gasteiger partial charge in [0.2, 0.25) is 0 Å². The fourth-order valence-electron chi connectivity index (χ4n) is 2.82. The SMILES string of the molecule is CCN(c1cc(CCl)c2ccccc2n1)C(C)CN(C)C. The summed E-state index contributed by atoms with van der Waals surface area (Å²) in [6, 6.07) is 10.7. The van der Waals surface area contributed by atoms with Gasteiger partial charge < -0.3 is 9.80 Å². The lowest BCUT2D eigenvalue weighted by molar-refractivity contribution is 0.372. The second kappa shape index (κ2) is 7.10. The zero-order valence-corrected chi connectivity index (χ0v) is 14.1. The van der Waals surface area contributed by atoms with E-state index in [1.54, 1.807) is 0 Å². The second-order valence-corrected chi connectivity index (χ2v) is 5.95. The number of rotatable bonds is 6. The molecule has 0 aliphatic rings. The third kappa shape index (κ3) is 3.66. The summed E-state index contributed by atoms with van der Waals surface area (Å²) < 4.78 is 0. The molecule has 1 aromatic carbocycles. The average molecular weight is 306 g/mol. The van der Waals surface area contributed by atoms with Gasteiger partial charge in [0.15, 0.2) is 0 Å². The van der Waals surface area contributed by atoms with Gasteiger partial charge in [-0.1, -0.05) is 18.2 Å². The molecule has 0 fully saturated rings. The molecule has 0 aliphatic carbocycles. The number of alkyl halides is 1. The Kier molecular flexibility index (Phi) is 5.43. The van der Waals surface area contributed by atoms with E-state index >= 15 is 0 Å². The molecule has 1 atom stereocenters. The number of fused-ring (bicyclic) bond motifs is 1. The van der Waals surface area contributed by atoms with E-state index in [0.717, 1.165) is 35.4 Å². The first-order valence-electron chi connectivity index (χ1n) is 7.42. The molecule has 0 bridgehead atoms. The van der Waals surface area contributed by atoms with Crippen molar-refractivity contribution in [3.05, 3.63) is 35.9 Å². The normalized spacial score (nSPS) is 12.9. The number of pyridine rings is 1. The fraction of sp³-hybridized carbons (Fsp3) is 0.471. The monoisotopic (exact) mass is 305 g/mol. The Morgan fingerprint density at radius 2 is 1.95 bits per heavy atom. The lowest BCUT2D eigenvalue weighted by Crippen LogP contribution is -2.40. The number of halogens is 1. The van der Waals surface area contributed by atoms with Crippen molar-refractivity contribution in [2.45, 2.75) is 25.8 Å². The van der Waals surface area contributed by atoms with E-state index in [9.17, 15) is 0 Å². The van der Waals surface area contributed by atoms with Crippen LogP contribution >= 0.6 is 11.6 Å². The number of para-hydroxylation sites is 1. The molecule has 4 heteroatoms. The molecule has 0 N–H and O–H groups in total. The van der Waals surface area contributed by atoms with Crippen LogP contribution in [0.15, 0.2) is 30.3 Å². The quantitative estimate of drug-likeness (QED) is 0.758. The van der Waals surface area contributed by atoms with Crippen LogP contribution in [0.3, 0.4) is 0 Å². The number of hydrogen-bond acceptors (Lipinski definition) is 3. The highest BCUT2D eigenvalue weighted by molar-refractivity contribution is 6.18. The Balaban J connectivity index is 2.44. The van der Waals surface area contributed by atoms with Crippen molar-refractivity contribution < 1.29 is 0 Å². The second-order valence-electron chi connectivity index (χ2n) is 5.69. The number of nitrogens with zero attached hydrogens (tertiary/aromatic N) is 3. The summed E-state index contributed by atoms with van der Waals surface area (Å²) in [6.07, 6.45) is 0. The van der Waals surface area contributed by atoms with Crippen LogP contribution in [0.5, 0.6) is 0 Å². The first-order chi connectivity index (χ1) is 10.1. The van der Waals surface area contributed by atoms with Gasteiger partial charge in [-0.15, -0.1) is 11.6 Å². The zero-order chi connectivity index (χ0) is 15.4. The molecule has 114 valence electrons. The fourth-order valence-corrected chi connectivity index (χ4v) is 3.04. The van der Waals surface area contributed by atoms with E-state index in [1.807, 2.05) is 12.1 Å². The average Bonchev–Trinajstić information content (AvgIpc) is 2.46. The number of aromatic nitrogens is 1. The molecule has 1 heterocycles. The summed E-state index contributed by atoms with van der Waals surface area (Å²) in [6.45, 7) is 6.34. The van der Waals surface area contributed by atoms with Crippen molar-refractivity contribution in [1.29, 1.82) is 0 Å². The summed E-state index contributed by atoms with van der Waals surface area (Å²) in [5.74, 6) is 1.52. The molecule has 0 aliphatic heterocycles. The van der Waals surface area contributed by atoms with Crippen molar-refractivity contribution in [2.24, 2.45) is 0 Å². The van der Waals surface area contributed by atoms with E-state index in [1.165, 1.54) is 0 Å². The number of benzene rings is 1. The molecule has 0 saturated heterocycles. The highest BCUT2D eigenvalue weighted by Crippen LogP contribution is 2.25. The Morgan fingerprint density at radius 3 is 2.57 bits per heavy atom. The van der Waals surface area contributed by atoms with Gasteiger partial charge >= 0.3 is 0 Å². The Labute approximate surface area is 132 Å². The van der Waals surface area contributed by atoms with Crippen molar-refractivity contribution in [2.75, 3.05) is 32.1 Å². The van der Waals surface area contributed by atoms with E-state index in [-0.39, 0.29) is 0 Å². The molecule has 2 aromatic rings. The lowest BCUT2D eigenvalue weighted by Gasteiger charge is -2.31. The minimum Gasteiger partial charge on any atom is -0.353 e. The molecule has 0 saturated carbocycles. The smallest absolute Gasteiger partial charge is 0.129 e. The summed E-state index contributed by atoms with van der Waals surface area (Å²) in [4.78, 5) is 9.37. The third-order valence-corrected chi connectivity index (χ3v) is 4.02. The summed E-state index contributed by atoms with van der Waals surface area (Å²) in [5, 5.41) is 1.15. The van der Waals surface area contributed by atoms with Crippen LogP contribution in [0.1, 0.15) is 19.4 Å². The van der Waals surface area contributed by atoms with Crippen LogP contribution < -0.4 is 4.90 Å². The van der Waals surface area contributed by atoms with Crippen LogP contribution in [-0.4, -0.2) is 43.1 Å². The number of likely N-dealkylation sites (N-methyl/N-ethyl adjacent to an activating group) is 2. The molecule has 3 nitrogen and oxygen atoms in total. The van der Waals surface area contributed by atoms with E-state index in [0.29, 0.717) is 11.9 Å². The van der Waals surface area contributed by atoms with Gasteiger partial charge in [0, 0.05) is 30.4 Å². The first-order valence-corrected chi connectivity index (χ1v) is 7.96.